The number of carboxylic acid groups (broad SMARTS) is 1. The minimum Gasteiger partial charge on any atom is -0.870 e. The number of rotatable bonds is 8. The second-order valence-electron chi connectivity index (χ2n) is 6.52. The summed E-state index contributed by atoms with van der Waals surface area (Å²) in [5.41, 5.74) is 0. The Labute approximate surface area is 136 Å². The lowest BCUT2D eigenvalue weighted by atomic mass is 10.5. The third-order valence-electron chi connectivity index (χ3n) is 2.22. The predicted octanol–water partition coefficient (Wildman–Crippen LogP) is -0.352. The molecular formula is C15H38N2O5. The van der Waals surface area contributed by atoms with Gasteiger partial charge in [0.2, 0.25) is 0 Å². The molecule has 0 rings (SSSR count). The van der Waals surface area contributed by atoms with Crippen LogP contribution in [-0.4, -0.2) is 103 Å². The number of quaternary nitrogens is 2. The van der Waals surface area contributed by atoms with Crippen molar-refractivity contribution in [3.63, 3.8) is 0 Å². The van der Waals surface area contributed by atoms with E-state index in [1.807, 2.05) is 13.8 Å². The van der Waals surface area contributed by atoms with Crippen LogP contribution in [0.15, 0.2) is 0 Å². The molecule has 0 aromatic rings. The van der Waals surface area contributed by atoms with Gasteiger partial charge in [0.05, 0.1) is 55.5 Å². The Morgan fingerprint density at radius 3 is 1.18 bits per heavy atom. The van der Waals surface area contributed by atoms with Crippen molar-refractivity contribution in [1.82, 2.24) is 0 Å². The monoisotopic (exact) mass is 326 g/mol. The SMILES string of the molecule is CCOCC[N+](C)(C)C.CCOCC[N+](C)(C)C.O=C[O-].[OH-]. The smallest absolute Gasteiger partial charge is 0.102 e. The summed E-state index contributed by atoms with van der Waals surface area (Å²) in [6.07, 6.45) is 0. The molecule has 0 unspecified atom stereocenters. The van der Waals surface area contributed by atoms with Gasteiger partial charge in [-0.05, 0) is 13.8 Å². The molecule has 22 heavy (non-hydrogen) atoms. The second kappa shape index (κ2) is 18.3. The quantitative estimate of drug-likeness (QED) is 0.345. The van der Waals surface area contributed by atoms with Crippen molar-refractivity contribution in [1.29, 1.82) is 0 Å². The van der Waals surface area contributed by atoms with E-state index in [2.05, 4.69) is 42.3 Å². The fraction of sp³-hybridized carbons (Fsp3) is 0.933. The van der Waals surface area contributed by atoms with Gasteiger partial charge in [0.25, 0.3) is 0 Å². The maximum Gasteiger partial charge on any atom is 0.102 e. The van der Waals surface area contributed by atoms with Crippen molar-refractivity contribution in [2.75, 3.05) is 81.8 Å². The van der Waals surface area contributed by atoms with Crippen molar-refractivity contribution in [2.45, 2.75) is 13.8 Å². The van der Waals surface area contributed by atoms with Gasteiger partial charge in [-0.2, -0.15) is 0 Å². The zero-order chi connectivity index (χ0) is 17.4. The minimum atomic E-state index is -0.500. The molecule has 0 aliphatic rings. The summed E-state index contributed by atoms with van der Waals surface area (Å²) in [6.45, 7) is 9.15. The van der Waals surface area contributed by atoms with Crippen molar-refractivity contribution in [2.24, 2.45) is 0 Å². The van der Waals surface area contributed by atoms with Gasteiger partial charge < -0.3 is 33.8 Å². The maximum atomic E-state index is 8.25. The molecule has 0 aliphatic heterocycles. The first-order valence-corrected chi connectivity index (χ1v) is 7.36. The van der Waals surface area contributed by atoms with Gasteiger partial charge in [-0.1, -0.05) is 0 Å². The fourth-order valence-electron chi connectivity index (χ4n) is 0.965. The van der Waals surface area contributed by atoms with Crippen molar-refractivity contribution in [3.05, 3.63) is 0 Å². The molecular weight excluding hydrogens is 288 g/mol. The third kappa shape index (κ3) is 50.6. The van der Waals surface area contributed by atoms with Gasteiger partial charge in [-0.3, -0.25) is 0 Å². The van der Waals surface area contributed by atoms with Crippen LogP contribution in [0.4, 0.5) is 0 Å². The molecule has 0 heterocycles. The molecule has 0 aliphatic carbocycles. The molecule has 0 fully saturated rings. The van der Waals surface area contributed by atoms with Gasteiger partial charge in [-0.15, -0.1) is 0 Å². The normalized spacial score (nSPS) is 10.4. The van der Waals surface area contributed by atoms with E-state index < -0.39 is 6.47 Å². The Bertz CT molecular complexity index is 193. The van der Waals surface area contributed by atoms with Crippen LogP contribution in [0.2, 0.25) is 0 Å². The molecule has 7 heteroatoms. The third-order valence-corrected chi connectivity index (χ3v) is 2.22. The van der Waals surface area contributed by atoms with Crippen LogP contribution in [0.25, 0.3) is 0 Å². The van der Waals surface area contributed by atoms with Crippen LogP contribution in [0.1, 0.15) is 13.8 Å². The number of carbonyl (C=O) groups excluding carboxylic acids is 1. The summed E-state index contributed by atoms with van der Waals surface area (Å²) < 4.78 is 12.4. The molecule has 1 N–H and O–H groups in total. The molecule has 0 aromatic heterocycles. The van der Waals surface area contributed by atoms with Crippen LogP contribution in [-0.2, 0) is 14.3 Å². The predicted molar refractivity (Wildman–Crippen MR) is 86.8 cm³/mol. The van der Waals surface area contributed by atoms with Gasteiger partial charge in [0.15, 0.2) is 0 Å². The molecule has 0 atom stereocenters. The van der Waals surface area contributed by atoms with Crippen molar-refractivity contribution in [3.8, 4) is 0 Å². The fourth-order valence-corrected chi connectivity index (χ4v) is 0.965. The van der Waals surface area contributed by atoms with Crippen LogP contribution in [0.5, 0.6) is 0 Å². The van der Waals surface area contributed by atoms with Crippen LogP contribution in [0.3, 0.4) is 0 Å². The van der Waals surface area contributed by atoms with E-state index in [1.165, 1.54) is 0 Å². The summed E-state index contributed by atoms with van der Waals surface area (Å²) in [6, 6.07) is 0. The number of nitrogens with zero attached hydrogens (tertiary/aromatic N) is 2. The van der Waals surface area contributed by atoms with E-state index in [1.54, 1.807) is 0 Å². The Morgan fingerprint density at radius 2 is 1.05 bits per heavy atom. The Hall–Kier alpha value is -0.730. The number of likely N-dealkylation sites (N-methyl/N-ethyl adjacent to an activating group) is 2. The first-order chi connectivity index (χ1) is 9.54. The minimum absolute atomic E-state index is 0. The van der Waals surface area contributed by atoms with Crippen LogP contribution in [0, 0.1) is 0 Å². The topological polar surface area (TPSA) is 88.6 Å². The highest BCUT2D eigenvalue weighted by Crippen LogP contribution is 1.89. The lowest BCUT2D eigenvalue weighted by Gasteiger charge is -2.23. The molecule has 138 valence electrons. The molecule has 0 aromatic carbocycles. The summed E-state index contributed by atoms with van der Waals surface area (Å²) >= 11 is 0. The highest BCUT2D eigenvalue weighted by atomic mass is 16.5. The first-order valence-electron chi connectivity index (χ1n) is 7.36. The maximum absolute atomic E-state index is 8.25. The molecule has 0 bridgehead atoms. The molecule has 7 nitrogen and oxygen atoms in total. The van der Waals surface area contributed by atoms with Crippen molar-refractivity contribution >= 4 is 6.47 Å². The summed E-state index contributed by atoms with van der Waals surface area (Å²) in [5, 5.41) is 8.25. The van der Waals surface area contributed by atoms with E-state index in [0.29, 0.717) is 0 Å². The zero-order valence-electron chi connectivity index (χ0n) is 15.8. The first kappa shape index (κ1) is 29.3. The Kier molecular flexibility index (Phi) is 24.4. The van der Waals surface area contributed by atoms with Crippen LogP contribution >= 0.6 is 0 Å². The number of hydrogen-bond donors (Lipinski definition) is 0. The summed E-state index contributed by atoms with van der Waals surface area (Å²) in [5.74, 6) is 0. The highest BCUT2D eigenvalue weighted by Gasteiger charge is 2.04. The van der Waals surface area contributed by atoms with Crippen molar-refractivity contribution < 1.29 is 33.8 Å². The van der Waals surface area contributed by atoms with Crippen LogP contribution < -0.4 is 5.11 Å². The summed E-state index contributed by atoms with van der Waals surface area (Å²) in [7, 11) is 13.0. The van der Waals surface area contributed by atoms with E-state index in [-0.39, 0.29) is 5.48 Å². The number of ether oxygens (including phenoxy) is 2. The van der Waals surface area contributed by atoms with E-state index >= 15 is 0 Å². The number of carbonyl (C=O) groups is 1. The second-order valence-corrected chi connectivity index (χ2v) is 6.52. The lowest BCUT2D eigenvalue weighted by Crippen LogP contribution is -2.37. The standard InChI is InChI=1S/2C7H18NO.CH2O2.H2O/c2*1-5-9-7-6-8(2,3)4;2-1-3;/h2*5-7H2,1-4H3;1H,(H,2,3);1H2/q2*+1;;/p-2. The van der Waals surface area contributed by atoms with Gasteiger partial charge in [0.1, 0.15) is 13.1 Å². The molecule has 0 saturated carbocycles. The average molecular weight is 326 g/mol. The van der Waals surface area contributed by atoms with Gasteiger partial charge in [-0.25, -0.2) is 0 Å². The van der Waals surface area contributed by atoms with Gasteiger partial charge in [0, 0.05) is 19.7 Å². The summed E-state index contributed by atoms with van der Waals surface area (Å²) in [4.78, 5) is 8.25. The highest BCUT2D eigenvalue weighted by molar-refractivity contribution is 5.29. The number of hydrogen-bond acceptors (Lipinski definition) is 5. The molecule has 0 amide bonds. The Balaban J connectivity index is -0.000000120. The van der Waals surface area contributed by atoms with E-state index in [4.69, 9.17) is 19.4 Å². The molecule has 0 saturated heterocycles. The zero-order valence-corrected chi connectivity index (χ0v) is 15.8. The van der Waals surface area contributed by atoms with Gasteiger partial charge >= 0.3 is 0 Å². The molecule has 0 spiro atoms. The van der Waals surface area contributed by atoms with E-state index in [0.717, 1.165) is 48.5 Å². The Morgan fingerprint density at radius 1 is 0.818 bits per heavy atom. The largest absolute Gasteiger partial charge is 0.870 e. The molecule has 0 radical (unpaired) electrons. The van der Waals surface area contributed by atoms with E-state index in [9.17, 15) is 0 Å². The lowest BCUT2D eigenvalue weighted by molar-refractivity contribution is -0.870. The average Bonchev–Trinajstić information content (AvgIpc) is 2.28.